The molecular weight excluding hydrogens is 344 g/mol. The van der Waals surface area contributed by atoms with Crippen molar-refractivity contribution in [3.8, 4) is 12.3 Å². The number of nitrogens with zero attached hydrogens (tertiary/aromatic N) is 2. The second-order valence-corrected chi connectivity index (χ2v) is 6.45. The molecule has 0 saturated carbocycles. The minimum atomic E-state index is -0.411. The first kappa shape index (κ1) is 17.0. The van der Waals surface area contributed by atoms with Gasteiger partial charge in [0.2, 0.25) is 0 Å². The third kappa shape index (κ3) is 3.70. The van der Waals surface area contributed by atoms with Crippen LogP contribution >= 0.6 is 34.7 Å². The van der Waals surface area contributed by atoms with Crippen LogP contribution in [-0.4, -0.2) is 42.0 Å². The predicted octanol–water partition coefficient (Wildman–Crippen LogP) is 3.18. The summed E-state index contributed by atoms with van der Waals surface area (Å²) in [5.74, 6) is 2.55. The molecule has 2 rings (SSSR count). The molecule has 0 bridgehead atoms. The Morgan fingerprint density at radius 1 is 1.45 bits per heavy atom. The molecule has 0 aliphatic carbocycles. The second-order valence-electron chi connectivity index (χ2n) is 4.15. The zero-order valence-corrected chi connectivity index (χ0v) is 14.4. The molecule has 2 aromatic heterocycles. The van der Waals surface area contributed by atoms with Gasteiger partial charge in [0.1, 0.15) is 21.5 Å². The van der Waals surface area contributed by atoms with E-state index in [4.69, 9.17) is 27.5 Å². The van der Waals surface area contributed by atoms with Crippen LogP contribution in [0, 0.1) is 19.3 Å². The Labute approximate surface area is 141 Å². The number of halogens is 1. The summed E-state index contributed by atoms with van der Waals surface area (Å²) in [6.45, 7) is 2.35. The van der Waals surface area contributed by atoms with Crippen LogP contribution in [0.2, 0.25) is 5.15 Å². The van der Waals surface area contributed by atoms with E-state index >= 15 is 0 Å². The van der Waals surface area contributed by atoms with Crippen molar-refractivity contribution >= 4 is 50.9 Å². The maximum absolute atomic E-state index is 12.1. The summed E-state index contributed by atoms with van der Waals surface area (Å²) < 4.78 is 9.99. The number of ether oxygens (including phenoxy) is 2. The molecule has 2 aromatic rings. The van der Waals surface area contributed by atoms with Crippen molar-refractivity contribution < 1.29 is 14.3 Å². The fourth-order valence-electron chi connectivity index (χ4n) is 1.72. The Kier molecular flexibility index (Phi) is 6.03. The van der Waals surface area contributed by atoms with Crippen LogP contribution in [0.3, 0.4) is 0 Å². The maximum atomic E-state index is 12.1. The average Bonchev–Trinajstić information content (AvgIpc) is 2.83. The lowest BCUT2D eigenvalue weighted by Crippen LogP contribution is -2.09. The zero-order chi connectivity index (χ0) is 16.1. The molecule has 2 heterocycles. The molecule has 8 heteroatoms. The molecule has 116 valence electrons. The first-order valence-corrected chi connectivity index (χ1v) is 8.45. The van der Waals surface area contributed by atoms with Gasteiger partial charge in [-0.15, -0.1) is 17.8 Å². The van der Waals surface area contributed by atoms with E-state index in [-0.39, 0.29) is 6.61 Å². The van der Waals surface area contributed by atoms with E-state index in [0.29, 0.717) is 37.8 Å². The molecule has 0 unspecified atom stereocenters. The molecule has 0 aliphatic rings. The summed E-state index contributed by atoms with van der Waals surface area (Å²) in [6, 6.07) is 0. The van der Waals surface area contributed by atoms with Gasteiger partial charge in [0.15, 0.2) is 5.16 Å². The fourth-order valence-corrected chi connectivity index (χ4v) is 3.79. The van der Waals surface area contributed by atoms with Gasteiger partial charge in [-0.25, -0.2) is 14.8 Å². The molecule has 5 nitrogen and oxygen atoms in total. The largest absolute Gasteiger partial charge is 0.459 e. The molecule has 0 N–H and O–H groups in total. The molecule has 0 radical (unpaired) electrons. The Hall–Kier alpha value is -1.33. The Balaban J connectivity index is 2.34. The summed E-state index contributed by atoms with van der Waals surface area (Å²) in [6.07, 6.45) is 5.22. The number of esters is 1. The number of terminal acetylenes is 1. The number of hydrogen-bond donors (Lipinski definition) is 0. The van der Waals surface area contributed by atoms with E-state index in [0.717, 1.165) is 5.56 Å². The lowest BCUT2D eigenvalue weighted by molar-refractivity contribution is 0.0393. The molecular formula is C14H13ClN2O3S2. The molecule has 0 fully saturated rings. The Morgan fingerprint density at radius 2 is 2.23 bits per heavy atom. The van der Waals surface area contributed by atoms with E-state index in [9.17, 15) is 4.79 Å². The van der Waals surface area contributed by atoms with Gasteiger partial charge in [0, 0.05) is 7.11 Å². The monoisotopic (exact) mass is 356 g/mol. The van der Waals surface area contributed by atoms with Gasteiger partial charge < -0.3 is 9.47 Å². The quantitative estimate of drug-likeness (QED) is 0.198. The Bertz CT molecular complexity index is 740. The molecule has 0 saturated heterocycles. The zero-order valence-electron chi connectivity index (χ0n) is 12.0. The fraction of sp³-hybridized carbons (Fsp3) is 0.357. The minimum Gasteiger partial charge on any atom is -0.459 e. The second kappa shape index (κ2) is 7.79. The van der Waals surface area contributed by atoms with Crippen molar-refractivity contribution in [1.82, 2.24) is 9.97 Å². The SMILES string of the molecule is C#CCSc1nc(Cl)c2c(C)c(C(=O)OCCOC)sc2n1. The van der Waals surface area contributed by atoms with Crippen molar-refractivity contribution in [3.05, 3.63) is 15.6 Å². The van der Waals surface area contributed by atoms with Gasteiger partial charge in [-0.2, -0.15) is 0 Å². The van der Waals surface area contributed by atoms with Crippen LogP contribution in [0.1, 0.15) is 15.2 Å². The third-order valence-electron chi connectivity index (χ3n) is 2.72. The minimum absolute atomic E-state index is 0.200. The number of thioether (sulfide) groups is 1. The van der Waals surface area contributed by atoms with Crippen LogP contribution in [-0.2, 0) is 9.47 Å². The number of carbonyl (C=O) groups is 1. The van der Waals surface area contributed by atoms with Crippen molar-refractivity contribution in [2.45, 2.75) is 12.1 Å². The van der Waals surface area contributed by atoms with Gasteiger partial charge in [-0.1, -0.05) is 29.3 Å². The van der Waals surface area contributed by atoms with Crippen LogP contribution in [0.4, 0.5) is 0 Å². The molecule has 0 aromatic carbocycles. The van der Waals surface area contributed by atoms with E-state index < -0.39 is 5.97 Å². The molecule has 0 amide bonds. The summed E-state index contributed by atoms with van der Waals surface area (Å²) in [5.41, 5.74) is 0.723. The van der Waals surface area contributed by atoms with Crippen molar-refractivity contribution in [3.63, 3.8) is 0 Å². The number of methoxy groups -OCH3 is 1. The number of aromatic nitrogens is 2. The number of thiophene rings is 1. The smallest absolute Gasteiger partial charge is 0.348 e. The van der Waals surface area contributed by atoms with Crippen molar-refractivity contribution in [2.24, 2.45) is 0 Å². The van der Waals surface area contributed by atoms with Gasteiger partial charge in [0.05, 0.1) is 17.7 Å². The highest BCUT2D eigenvalue weighted by atomic mass is 35.5. The highest BCUT2D eigenvalue weighted by Crippen LogP contribution is 2.35. The first-order valence-electron chi connectivity index (χ1n) is 6.27. The van der Waals surface area contributed by atoms with Crippen LogP contribution in [0.5, 0.6) is 0 Å². The molecule has 0 spiro atoms. The van der Waals surface area contributed by atoms with Gasteiger partial charge in [-0.05, 0) is 12.5 Å². The van der Waals surface area contributed by atoms with Gasteiger partial charge in [-0.3, -0.25) is 0 Å². The molecule has 22 heavy (non-hydrogen) atoms. The molecule has 0 atom stereocenters. The lowest BCUT2D eigenvalue weighted by Gasteiger charge is -2.02. The highest BCUT2D eigenvalue weighted by molar-refractivity contribution is 7.99. The predicted molar refractivity (Wildman–Crippen MR) is 88.9 cm³/mol. The maximum Gasteiger partial charge on any atom is 0.348 e. The van der Waals surface area contributed by atoms with Crippen LogP contribution < -0.4 is 0 Å². The normalized spacial score (nSPS) is 10.6. The van der Waals surface area contributed by atoms with Crippen molar-refractivity contribution in [1.29, 1.82) is 0 Å². The summed E-state index contributed by atoms with van der Waals surface area (Å²) in [7, 11) is 1.54. The van der Waals surface area contributed by atoms with Gasteiger partial charge >= 0.3 is 5.97 Å². The topological polar surface area (TPSA) is 61.3 Å². The number of rotatable bonds is 6. The number of hydrogen-bond acceptors (Lipinski definition) is 7. The van der Waals surface area contributed by atoms with Crippen LogP contribution in [0.15, 0.2) is 5.16 Å². The lowest BCUT2D eigenvalue weighted by atomic mass is 10.2. The summed E-state index contributed by atoms with van der Waals surface area (Å²) >= 11 is 8.77. The number of carbonyl (C=O) groups excluding carboxylic acids is 1. The third-order valence-corrected chi connectivity index (χ3v) is 4.91. The van der Waals surface area contributed by atoms with Crippen molar-refractivity contribution in [2.75, 3.05) is 26.1 Å². The van der Waals surface area contributed by atoms with E-state index in [1.165, 1.54) is 23.1 Å². The Morgan fingerprint density at radius 3 is 2.91 bits per heavy atom. The van der Waals surface area contributed by atoms with E-state index in [2.05, 4.69) is 15.9 Å². The summed E-state index contributed by atoms with van der Waals surface area (Å²) in [5, 5.41) is 1.49. The molecule has 0 aliphatic heterocycles. The summed E-state index contributed by atoms with van der Waals surface area (Å²) in [4.78, 5) is 21.8. The first-order chi connectivity index (χ1) is 10.6. The van der Waals surface area contributed by atoms with E-state index in [1.54, 1.807) is 14.0 Å². The van der Waals surface area contributed by atoms with Gasteiger partial charge in [0.25, 0.3) is 0 Å². The number of fused-ring (bicyclic) bond motifs is 1. The van der Waals surface area contributed by atoms with E-state index in [1.807, 2.05) is 0 Å². The highest BCUT2D eigenvalue weighted by Gasteiger charge is 2.21. The standard InChI is InChI=1S/C14H13ClN2O3S2/c1-4-7-21-14-16-11(15)9-8(2)10(22-12(9)17-14)13(18)20-6-5-19-3/h1H,5-7H2,2-3H3. The number of aryl methyl sites for hydroxylation is 1. The van der Waals surface area contributed by atoms with Crippen LogP contribution in [0.25, 0.3) is 10.2 Å². The average molecular weight is 357 g/mol.